The highest BCUT2D eigenvalue weighted by Gasteiger charge is 2.31. The van der Waals surface area contributed by atoms with E-state index in [-0.39, 0.29) is 0 Å². The van der Waals surface area contributed by atoms with Crippen molar-refractivity contribution in [3.8, 4) is 5.75 Å². The number of ether oxygens (including phenoxy) is 1. The summed E-state index contributed by atoms with van der Waals surface area (Å²) in [4.78, 5) is 0. The van der Waals surface area contributed by atoms with Crippen molar-refractivity contribution in [1.29, 1.82) is 0 Å². The number of para-hydroxylation sites is 1. The van der Waals surface area contributed by atoms with Crippen LogP contribution in [-0.2, 0) is 6.54 Å². The lowest BCUT2D eigenvalue weighted by molar-refractivity contribution is 0.279. The predicted octanol–water partition coefficient (Wildman–Crippen LogP) is 2.43. The summed E-state index contributed by atoms with van der Waals surface area (Å²) in [6.07, 6.45) is 6.21. The quantitative estimate of drug-likeness (QED) is 0.877. The van der Waals surface area contributed by atoms with Gasteiger partial charge in [-0.05, 0) is 36.5 Å². The molecule has 2 aromatic rings. The molecule has 0 spiro atoms. The molecule has 1 fully saturated rings. The molecule has 1 heterocycles. The number of hydrogen-bond acceptors (Lipinski definition) is 3. The first-order chi connectivity index (χ1) is 9.86. The Bertz CT molecular complexity index is 532. The van der Waals surface area contributed by atoms with Gasteiger partial charge in [0.2, 0.25) is 0 Å². The van der Waals surface area contributed by atoms with Gasteiger partial charge in [0, 0.05) is 25.0 Å². The van der Waals surface area contributed by atoms with E-state index in [0.29, 0.717) is 12.0 Å². The van der Waals surface area contributed by atoms with E-state index in [4.69, 9.17) is 4.74 Å². The van der Waals surface area contributed by atoms with E-state index in [9.17, 15) is 0 Å². The van der Waals surface area contributed by atoms with Crippen molar-refractivity contribution in [3.63, 3.8) is 0 Å². The van der Waals surface area contributed by atoms with Crippen molar-refractivity contribution in [2.24, 2.45) is 0 Å². The van der Waals surface area contributed by atoms with Gasteiger partial charge in [0.1, 0.15) is 5.75 Å². The van der Waals surface area contributed by atoms with Crippen LogP contribution in [-0.4, -0.2) is 29.5 Å². The number of nitrogens with one attached hydrogen (secondary N) is 1. The maximum atomic E-state index is 5.44. The van der Waals surface area contributed by atoms with Crippen LogP contribution in [0.4, 0.5) is 0 Å². The monoisotopic (exact) mass is 271 g/mol. The molecule has 1 aliphatic rings. The summed E-state index contributed by atoms with van der Waals surface area (Å²) < 4.78 is 7.40. The minimum Gasteiger partial charge on any atom is -0.496 e. The Hall–Kier alpha value is -1.81. The van der Waals surface area contributed by atoms with Gasteiger partial charge in [-0.25, -0.2) is 0 Å². The number of benzene rings is 1. The third-order valence-electron chi connectivity index (χ3n) is 4.05. The average molecular weight is 271 g/mol. The highest BCUT2D eigenvalue weighted by molar-refractivity contribution is 5.37. The Labute approximate surface area is 119 Å². The number of nitrogens with zero attached hydrogens (tertiary/aromatic N) is 2. The summed E-state index contributed by atoms with van der Waals surface area (Å²) in [7, 11) is 1.75. The van der Waals surface area contributed by atoms with Crippen LogP contribution in [0.25, 0.3) is 0 Å². The fourth-order valence-electron chi connectivity index (χ4n) is 2.86. The Kier molecular flexibility index (Phi) is 4.02. The summed E-state index contributed by atoms with van der Waals surface area (Å²) >= 11 is 0. The highest BCUT2D eigenvalue weighted by atomic mass is 16.5. The van der Waals surface area contributed by atoms with Crippen LogP contribution in [0.2, 0.25) is 0 Å². The number of hydrogen-bond donors (Lipinski definition) is 1. The topological polar surface area (TPSA) is 39.1 Å². The second kappa shape index (κ2) is 6.09. The van der Waals surface area contributed by atoms with Crippen molar-refractivity contribution in [2.75, 3.05) is 13.7 Å². The van der Waals surface area contributed by atoms with Crippen LogP contribution in [0.1, 0.15) is 24.3 Å². The maximum Gasteiger partial charge on any atom is 0.122 e. The molecule has 1 N–H and O–H groups in total. The largest absolute Gasteiger partial charge is 0.496 e. The summed E-state index contributed by atoms with van der Waals surface area (Å²) in [6, 6.07) is 10.9. The summed E-state index contributed by atoms with van der Waals surface area (Å²) in [5.41, 5.74) is 1.35. The van der Waals surface area contributed by atoms with Gasteiger partial charge in [-0.15, -0.1) is 0 Å². The first kappa shape index (κ1) is 13.2. The van der Waals surface area contributed by atoms with Crippen LogP contribution in [0, 0.1) is 0 Å². The molecule has 0 bridgehead atoms. The fourth-order valence-corrected chi connectivity index (χ4v) is 2.86. The van der Waals surface area contributed by atoms with Gasteiger partial charge in [-0.2, -0.15) is 5.10 Å². The summed E-state index contributed by atoms with van der Waals surface area (Å²) in [6.45, 7) is 1.91. The molecule has 0 radical (unpaired) electrons. The number of aromatic nitrogens is 2. The van der Waals surface area contributed by atoms with E-state index in [1.807, 2.05) is 35.3 Å². The van der Waals surface area contributed by atoms with Crippen molar-refractivity contribution in [2.45, 2.75) is 31.3 Å². The second-order valence-corrected chi connectivity index (χ2v) is 5.33. The van der Waals surface area contributed by atoms with Gasteiger partial charge >= 0.3 is 0 Å². The molecule has 4 nitrogen and oxygen atoms in total. The second-order valence-electron chi connectivity index (χ2n) is 5.33. The first-order valence-corrected chi connectivity index (χ1v) is 7.20. The van der Waals surface area contributed by atoms with Gasteiger partial charge in [-0.3, -0.25) is 4.68 Å². The molecular weight excluding hydrogens is 250 g/mol. The SMILES string of the molecule is COc1ccccc1C1CC(NCCn2cccn2)C1. The van der Waals surface area contributed by atoms with Crippen molar-refractivity contribution in [1.82, 2.24) is 15.1 Å². The van der Waals surface area contributed by atoms with Crippen LogP contribution in [0.15, 0.2) is 42.7 Å². The molecule has 106 valence electrons. The number of rotatable bonds is 6. The lowest BCUT2D eigenvalue weighted by Crippen LogP contribution is -2.41. The minimum absolute atomic E-state index is 0.625. The minimum atomic E-state index is 0.625. The Morgan fingerprint density at radius 1 is 1.30 bits per heavy atom. The first-order valence-electron chi connectivity index (χ1n) is 7.20. The van der Waals surface area contributed by atoms with Gasteiger partial charge in [0.25, 0.3) is 0 Å². The molecule has 0 aliphatic heterocycles. The highest BCUT2D eigenvalue weighted by Crippen LogP contribution is 2.40. The van der Waals surface area contributed by atoms with Crippen molar-refractivity contribution in [3.05, 3.63) is 48.3 Å². The normalized spacial score (nSPS) is 21.4. The predicted molar refractivity (Wildman–Crippen MR) is 79.0 cm³/mol. The van der Waals surface area contributed by atoms with E-state index in [1.54, 1.807) is 7.11 Å². The van der Waals surface area contributed by atoms with E-state index < -0.39 is 0 Å². The van der Waals surface area contributed by atoms with Crippen LogP contribution in [0.5, 0.6) is 5.75 Å². The summed E-state index contributed by atoms with van der Waals surface area (Å²) in [5, 5.41) is 7.80. The zero-order valence-corrected chi connectivity index (χ0v) is 11.8. The lowest BCUT2D eigenvalue weighted by atomic mass is 9.75. The molecule has 1 aromatic carbocycles. The van der Waals surface area contributed by atoms with Gasteiger partial charge in [0.15, 0.2) is 0 Å². The molecular formula is C16H21N3O. The van der Waals surface area contributed by atoms with Gasteiger partial charge in [0.05, 0.1) is 13.7 Å². The zero-order chi connectivity index (χ0) is 13.8. The molecule has 3 rings (SSSR count). The fraction of sp³-hybridized carbons (Fsp3) is 0.438. The molecule has 0 amide bonds. The van der Waals surface area contributed by atoms with Gasteiger partial charge < -0.3 is 10.1 Å². The third-order valence-corrected chi connectivity index (χ3v) is 4.05. The molecule has 1 aromatic heterocycles. The molecule has 0 atom stereocenters. The lowest BCUT2D eigenvalue weighted by Gasteiger charge is -2.37. The molecule has 1 saturated carbocycles. The number of methoxy groups -OCH3 is 1. The average Bonchev–Trinajstić information content (AvgIpc) is 2.94. The third kappa shape index (κ3) is 2.85. The zero-order valence-electron chi connectivity index (χ0n) is 11.8. The maximum absolute atomic E-state index is 5.44. The van der Waals surface area contributed by atoms with Crippen molar-refractivity contribution >= 4 is 0 Å². The smallest absolute Gasteiger partial charge is 0.122 e. The van der Waals surface area contributed by atoms with E-state index in [1.165, 1.54) is 18.4 Å². The Balaban J connectivity index is 1.44. The van der Waals surface area contributed by atoms with Crippen LogP contribution < -0.4 is 10.1 Å². The molecule has 4 heteroatoms. The Morgan fingerprint density at radius 3 is 2.90 bits per heavy atom. The van der Waals surface area contributed by atoms with E-state index >= 15 is 0 Å². The van der Waals surface area contributed by atoms with Crippen LogP contribution >= 0.6 is 0 Å². The van der Waals surface area contributed by atoms with Crippen molar-refractivity contribution < 1.29 is 4.74 Å². The van der Waals surface area contributed by atoms with Crippen LogP contribution in [0.3, 0.4) is 0 Å². The standard InChI is InChI=1S/C16H21N3O/c1-20-16-6-3-2-5-15(16)13-11-14(12-13)17-8-10-19-9-4-7-18-19/h2-7,9,13-14,17H,8,10-12H2,1H3. The van der Waals surface area contributed by atoms with E-state index in [2.05, 4.69) is 22.5 Å². The molecule has 0 unspecified atom stereocenters. The van der Waals surface area contributed by atoms with E-state index in [0.717, 1.165) is 18.8 Å². The molecule has 1 aliphatic carbocycles. The molecule has 20 heavy (non-hydrogen) atoms. The van der Waals surface area contributed by atoms with Gasteiger partial charge in [-0.1, -0.05) is 18.2 Å². The Morgan fingerprint density at radius 2 is 2.15 bits per heavy atom. The molecule has 0 saturated heterocycles. The summed E-state index contributed by atoms with van der Waals surface area (Å²) in [5.74, 6) is 1.65.